The second kappa shape index (κ2) is 8.63. The number of carbonyl (C=O) groups is 1. The van der Waals surface area contributed by atoms with E-state index < -0.39 is 5.82 Å². The summed E-state index contributed by atoms with van der Waals surface area (Å²) in [6, 6.07) is 9.98. The van der Waals surface area contributed by atoms with Crippen LogP contribution in [0.2, 0.25) is 0 Å². The van der Waals surface area contributed by atoms with E-state index in [0.29, 0.717) is 22.8 Å². The maximum absolute atomic E-state index is 13.7. The van der Waals surface area contributed by atoms with Crippen LogP contribution in [0.1, 0.15) is 42.6 Å². The van der Waals surface area contributed by atoms with E-state index in [1.165, 1.54) is 12.1 Å². The molecular formula is C24H23FN4O2. The smallest absolute Gasteiger partial charge is 0.261 e. The van der Waals surface area contributed by atoms with Crippen LogP contribution in [-0.4, -0.2) is 31.8 Å². The number of pyridine rings is 1. The molecule has 0 radical (unpaired) electrons. The lowest BCUT2D eigenvalue weighted by atomic mass is 9.93. The average molecular weight is 418 g/mol. The Kier molecular flexibility index (Phi) is 5.75. The third-order valence-electron chi connectivity index (χ3n) is 5.24. The molecule has 1 amide bonds. The van der Waals surface area contributed by atoms with E-state index in [1.54, 1.807) is 23.4 Å². The van der Waals surface area contributed by atoms with Gasteiger partial charge in [0.15, 0.2) is 5.82 Å². The van der Waals surface area contributed by atoms with Crippen LogP contribution < -0.4 is 4.74 Å². The molecule has 31 heavy (non-hydrogen) atoms. The van der Waals surface area contributed by atoms with Crippen LogP contribution >= 0.6 is 0 Å². The van der Waals surface area contributed by atoms with Crippen molar-refractivity contribution in [2.75, 3.05) is 0 Å². The molecule has 4 rings (SSSR count). The Morgan fingerprint density at radius 2 is 1.94 bits per heavy atom. The van der Waals surface area contributed by atoms with Crippen molar-refractivity contribution in [2.24, 2.45) is 0 Å². The first kappa shape index (κ1) is 20.7. The molecule has 0 aliphatic carbocycles. The molecule has 1 unspecified atom stereocenters. The maximum atomic E-state index is 13.7. The predicted molar refractivity (Wildman–Crippen MR) is 115 cm³/mol. The standard InChI is InChI=1S/C24H23FN4O2/c1-4-6-18-16(3)29(24(18)31-21-10-8-17(25)14-28-21)23(30)20-13-15(2)7-9-19(20)22-26-11-5-12-27-22/h5,7-14,16H,4,6H2,1-3H3. The van der Waals surface area contributed by atoms with E-state index in [1.807, 2.05) is 32.0 Å². The molecule has 158 valence electrons. The van der Waals surface area contributed by atoms with Crippen LogP contribution in [0.25, 0.3) is 11.4 Å². The van der Waals surface area contributed by atoms with Gasteiger partial charge in [-0.05, 0) is 38.5 Å². The number of amides is 1. The van der Waals surface area contributed by atoms with E-state index >= 15 is 0 Å². The highest BCUT2D eigenvalue weighted by Crippen LogP contribution is 2.37. The summed E-state index contributed by atoms with van der Waals surface area (Å²) in [5, 5.41) is 0. The van der Waals surface area contributed by atoms with Gasteiger partial charge in [0.2, 0.25) is 11.8 Å². The highest BCUT2D eigenvalue weighted by molar-refractivity contribution is 6.02. The summed E-state index contributed by atoms with van der Waals surface area (Å²) in [4.78, 5) is 27.9. The molecule has 0 N–H and O–H groups in total. The van der Waals surface area contributed by atoms with Gasteiger partial charge >= 0.3 is 0 Å². The molecule has 3 heterocycles. The predicted octanol–water partition coefficient (Wildman–Crippen LogP) is 4.92. The van der Waals surface area contributed by atoms with Crippen LogP contribution in [0.3, 0.4) is 0 Å². The van der Waals surface area contributed by atoms with Crippen molar-refractivity contribution in [3.05, 3.63) is 83.4 Å². The molecule has 0 saturated heterocycles. The lowest BCUT2D eigenvalue weighted by Gasteiger charge is -2.42. The number of aryl methyl sites for hydroxylation is 1. The largest absolute Gasteiger partial charge is 0.422 e. The van der Waals surface area contributed by atoms with Crippen LogP contribution in [0.4, 0.5) is 4.39 Å². The first-order chi connectivity index (χ1) is 15.0. The number of hydrogen-bond donors (Lipinski definition) is 0. The maximum Gasteiger partial charge on any atom is 0.261 e. The van der Waals surface area contributed by atoms with E-state index in [2.05, 4.69) is 21.9 Å². The Balaban J connectivity index is 1.72. The van der Waals surface area contributed by atoms with Crippen LogP contribution in [0, 0.1) is 12.7 Å². The third kappa shape index (κ3) is 4.03. The number of aromatic nitrogens is 3. The van der Waals surface area contributed by atoms with Crippen LogP contribution in [0.5, 0.6) is 5.88 Å². The molecule has 1 aliphatic heterocycles. The molecule has 6 nitrogen and oxygen atoms in total. The molecule has 0 bridgehead atoms. The number of carbonyl (C=O) groups excluding carboxylic acids is 1. The summed E-state index contributed by atoms with van der Waals surface area (Å²) in [5.74, 6) is 0.540. The van der Waals surface area contributed by atoms with Gasteiger partial charge in [-0.2, -0.15) is 0 Å². The lowest BCUT2D eigenvalue weighted by Crippen LogP contribution is -2.50. The zero-order chi connectivity index (χ0) is 22.0. The van der Waals surface area contributed by atoms with E-state index in [-0.39, 0.29) is 17.8 Å². The Morgan fingerprint density at radius 3 is 2.61 bits per heavy atom. The molecular weight excluding hydrogens is 395 g/mol. The minimum absolute atomic E-state index is 0.118. The summed E-state index contributed by atoms with van der Waals surface area (Å²) >= 11 is 0. The molecule has 1 aromatic carbocycles. The summed E-state index contributed by atoms with van der Waals surface area (Å²) < 4.78 is 19.2. The van der Waals surface area contributed by atoms with Crippen molar-refractivity contribution in [2.45, 2.75) is 39.7 Å². The lowest BCUT2D eigenvalue weighted by molar-refractivity contribution is 0.0585. The van der Waals surface area contributed by atoms with E-state index in [0.717, 1.165) is 30.2 Å². The Morgan fingerprint density at radius 1 is 1.16 bits per heavy atom. The number of nitrogens with zero attached hydrogens (tertiary/aromatic N) is 4. The number of hydrogen-bond acceptors (Lipinski definition) is 5. The molecule has 2 aromatic heterocycles. The molecule has 0 spiro atoms. The fourth-order valence-electron chi connectivity index (χ4n) is 3.69. The fourth-order valence-corrected chi connectivity index (χ4v) is 3.69. The molecule has 3 aromatic rings. The van der Waals surface area contributed by atoms with Crippen molar-refractivity contribution in [3.8, 4) is 17.3 Å². The Labute approximate surface area is 180 Å². The summed E-state index contributed by atoms with van der Waals surface area (Å²) in [5.41, 5.74) is 3.15. The third-order valence-corrected chi connectivity index (χ3v) is 5.24. The second-order valence-electron chi connectivity index (χ2n) is 7.47. The van der Waals surface area contributed by atoms with E-state index in [9.17, 15) is 9.18 Å². The summed E-state index contributed by atoms with van der Waals surface area (Å²) in [6.45, 7) is 5.98. The Hall–Kier alpha value is -3.61. The van der Waals surface area contributed by atoms with E-state index in [4.69, 9.17) is 4.74 Å². The van der Waals surface area contributed by atoms with Gasteiger partial charge < -0.3 is 4.74 Å². The number of rotatable bonds is 6. The molecule has 7 heteroatoms. The topological polar surface area (TPSA) is 68.2 Å². The van der Waals surface area contributed by atoms with Crippen LogP contribution in [-0.2, 0) is 0 Å². The highest BCUT2D eigenvalue weighted by Gasteiger charge is 2.41. The van der Waals surface area contributed by atoms with Crippen LogP contribution in [0.15, 0.2) is 66.4 Å². The first-order valence-electron chi connectivity index (χ1n) is 10.2. The zero-order valence-corrected chi connectivity index (χ0v) is 17.7. The average Bonchev–Trinajstić information content (AvgIpc) is 2.79. The Bertz CT molecular complexity index is 1130. The normalized spacial score (nSPS) is 15.6. The molecule has 0 fully saturated rings. The SMILES string of the molecule is CCCC1=C(Oc2ccc(F)cn2)N(C(=O)c2cc(C)ccc2-c2ncccn2)C1C. The minimum Gasteiger partial charge on any atom is -0.422 e. The molecule has 1 atom stereocenters. The van der Waals surface area contributed by atoms with Gasteiger partial charge in [-0.15, -0.1) is 0 Å². The summed E-state index contributed by atoms with van der Waals surface area (Å²) in [7, 11) is 0. The fraction of sp³-hybridized carbons (Fsp3) is 0.250. The molecule has 1 aliphatic rings. The number of ether oxygens (including phenoxy) is 1. The number of benzene rings is 1. The van der Waals surface area contributed by atoms with Crippen molar-refractivity contribution in [1.29, 1.82) is 0 Å². The molecule has 0 saturated carbocycles. The van der Waals surface area contributed by atoms with Gasteiger partial charge in [0, 0.05) is 29.6 Å². The zero-order valence-electron chi connectivity index (χ0n) is 17.7. The van der Waals surface area contributed by atoms with Crippen molar-refractivity contribution >= 4 is 5.91 Å². The second-order valence-corrected chi connectivity index (χ2v) is 7.47. The van der Waals surface area contributed by atoms with Gasteiger partial charge in [-0.3, -0.25) is 9.69 Å². The van der Waals surface area contributed by atoms with Gasteiger partial charge in [0.25, 0.3) is 5.91 Å². The highest BCUT2D eigenvalue weighted by atomic mass is 19.1. The van der Waals surface area contributed by atoms with Gasteiger partial charge in [0.05, 0.1) is 17.8 Å². The quantitative estimate of drug-likeness (QED) is 0.568. The summed E-state index contributed by atoms with van der Waals surface area (Å²) in [6.07, 6.45) is 6.10. The van der Waals surface area contributed by atoms with Gasteiger partial charge in [0.1, 0.15) is 5.82 Å². The van der Waals surface area contributed by atoms with Crippen molar-refractivity contribution < 1.29 is 13.9 Å². The monoisotopic (exact) mass is 418 g/mol. The van der Waals surface area contributed by atoms with Gasteiger partial charge in [-0.25, -0.2) is 19.3 Å². The van der Waals surface area contributed by atoms with Crippen molar-refractivity contribution in [1.82, 2.24) is 19.9 Å². The minimum atomic E-state index is -0.447. The van der Waals surface area contributed by atoms with Gasteiger partial charge in [-0.1, -0.05) is 31.0 Å². The van der Waals surface area contributed by atoms with Crippen molar-refractivity contribution in [3.63, 3.8) is 0 Å². The first-order valence-corrected chi connectivity index (χ1v) is 10.2. The number of halogens is 1.